The summed E-state index contributed by atoms with van der Waals surface area (Å²) in [6.07, 6.45) is -1.49. The molecule has 0 radical (unpaired) electrons. The number of hydrogen-bond donors (Lipinski definition) is 2. The van der Waals surface area contributed by atoms with Gasteiger partial charge < -0.3 is 29.9 Å². The van der Waals surface area contributed by atoms with Crippen molar-refractivity contribution in [2.75, 3.05) is 43.3 Å². The van der Waals surface area contributed by atoms with E-state index in [2.05, 4.69) is 10.6 Å². The number of carbonyl (C=O) groups excluding carboxylic acids is 3. The highest BCUT2D eigenvalue weighted by Crippen LogP contribution is 2.30. The second kappa shape index (κ2) is 12.7. The van der Waals surface area contributed by atoms with E-state index in [1.54, 1.807) is 73.8 Å². The summed E-state index contributed by atoms with van der Waals surface area (Å²) in [5.74, 6) is -0.334. The van der Waals surface area contributed by atoms with Gasteiger partial charge in [-0.25, -0.2) is 14.0 Å². The number of carbonyl (C=O) groups is 3. The molecule has 1 saturated heterocycles. The lowest BCUT2D eigenvalue weighted by molar-refractivity contribution is -0.131. The van der Waals surface area contributed by atoms with Crippen molar-refractivity contribution in [3.63, 3.8) is 0 Å². The van der Waals surface area contributed by atoms with Gasteiger partial charge in [0.15, 0.2) is 0 Å². The van der Waals surface area contributed by atoms with Gasteiger partial charge in [-0.05, 0) is 54.1 Å². The number of nitrogens with zero attached hydrogens (tertiary/aromatic N) is 2. The van der Waals surface area contributed by atoms with E-state index in [0.29, 0.717) is 33.3 Å². The predicted octanol–water partition coefficient (Wildman–Crippen LogP) is 5.35. The zero-order chi connectivity index (χ0) is 28.8. The number of benzene rings is 3. The lowest BCUT2D eigenvalue weighted by Crippen LogP contribution is -2.46. The third-order valence-electron chi connectivity index (χ3n) is 6.68. The molecule has 9 nitrogen and oxygen atoms in total. The van der Waals surface area contributed by atoms with Gasteiger partial charge in [0, 0.05) is 19.2 Å². The van der Waals surface area contributed by atoms with E-state index in [0.717, 1.165) is 5.69 Å². The highest BCUT2D eigenvalue weighted by molar-refractivity contribution is 6.33. The summed E-state index contributed by atoms with van der Waals surface area (Å²) in [5.41, 5.74) is 2.64. The first kappa shape index (κ1) is 28.7. The molecule has 1 heterocycles. The number of amides is 3. The van der Waals surface area contributed by atoms with Crippen LogP contribution in [0.25, 0.3) is 0 Å². The Balaban J connectivity index is 1.43. The Morgan fingerprint density at radius 1 is 1.02 bits per heavy atom. The molecular weight excluding hydrogens is 539 g/mol. The molecule has 210 valence electrons. The Morgan fingerprint density at radius 2 is 1.73 bits per heavy atom. The van der Waals surface area contributed by atoms with E-state index < -0.39 is 24.3 Å². The van der Waals surface area contributed by atoms with Crippen molar-refractivity contribution in [2.45, 2.75) is 25.2 Å². The molecule has 2 atom stereocenters. The molecule has 1 fully saturated rings. The molecule has 0 bridgehead atoms. The molecule has 3 aromatic rings. The first-order chi connectivity index (χ1) is 19.2. The van der Waals surface area contributed by atoms with Gasteiger partial charge in [0.1, 0.15) is 18.1 Å². The van der Waals surface area contributed by atoms with E-state index in [-0.39, 0.29) is 25.3 Å². The van der Waals surface area contributed by atoms with Crippen LogP contribution in [-0.2, 0) is 16.0 Å². The quantitative estimate of drug-likeness (QED) is 0.355. The van der Waals surface area contributed by atoms with Crippen molar-refractivity contribution >= 4 is 46.6 Å². The van der Waals surface area contributed by atoms with Crippen molar-refractivity contribution < 1.29 is 28.2 Å². The zero-order valence-electron chi connectivity index (χ0n) is 22.3. The van der Waals surface area contributed by atoms with Crippen LogP contribution >= 0.6 is 11.6 Å². The van der Waals surface area contributed by atoms with Crippen LogP contribution in [0.3, 0.4) is 0 Å². The van der Waals surface area contributed by atoms with Gasteiger partial charge in [-0.3, -0.25) is 4.79 Å². The van der Waals surface area contributed by atoms with E-state index in [4.69, 9.17) is 21.1 Å². The number of methoxy groups -OCH3 is 2. The number of alkyl halides is 1. The number of urea groups is 1. The van der Waals surface area contributed by atoms with Crippen LogP contribution in [0.1, 0.15) is 22.3 Å². The fourth-order valence-corrected chi connectivity index (χ4v) is 4.77. The molecule has 0 aromatic heterocycles. The zero-order valence-corrected chi connectivity index (χ0v) is 23.1. The number of halogens is 2. The summed E-state index contributed by atoms with van der Waals surface area (Å²) in [7, 11) is 4.56. The molecule has 40 heavy (non-hydrogen) atoms. The number of ether oxygens (including phenoxy) is 2. The number of nitrogens with one attached hydrogen (secondary N) is 2. The van der Waals surface area contributed by atoms with Crippen LogP contribution in [0.4, 0.5) is 26.2 Å². The van der Waals surface area contributed by atoms with Crippen molar-refractivity contribution in [1.82, 2.24) is 4.90 Å². The van der Waals surface area contributed by atoms with E-state index in [1.807, 2.05) is 4.90 Å². The fraction of sp³-hybridized carbons (Fsp3) is 0.276. The number of esters is 1. The van der Waals surface area contributed by atoms with Crippen LogP contribution in [0.2, 0.25) is 5.02 Å². The molecule has 0 saturated carbocycles. The fourth-order valence-electron chi connectivity index (χ4n) is 4.59. The molecule has 0 spiro atoms. The van der Waals surface area contributed by atoms with Gasteiger partial charge in [0.2, 0.25) is 5.91 Å². The largest absolute Gasteiger partial charge is 0.495 e. The SMILES string of the molecule is COC(=O)c1ccc(N(C)C2CC(F)CN2C(=O)Cc2ccc(NC(=O)Nc3ccccc3Cl)c(OC)c2)cc1. The summed E-state index contributed by atoms with van der Waals surface area (Å²) >= 11 is 6.10. The average Bonchev–Trinajstić information content (AvgIpc) is 3.36. The van der Waals surface area contributed by atoms with Gasteiger partial charge in [-0.15, -0.1) is 0 Å². The van der Waals surface area contributed by atoms with Crippen LogP contribution in [0.5, 0.6) is 5.75 Å². The first-order valence-corrected chi connectivity index (χ1v) is 12.9. The van der Waals surface area contributed by atoms with E-state index in [9.17, 15) is 18.8 Å². The van der Waals surface area contributed by atoms with E-state index >= 15 is 0 Å². The molecule has 0 aliphatic carbocycles. The van der Waals surface area contributed by atoms with Gasteiger partial charge in [0.25, 0.3) is 0 Å². The summed E-state index contributed by atoms with van der Waals surface area (Å²) in [6, 6.07) is 18.1. The van der Waals surface area contributed by atoms with Gasteiger partial charge in [0.05, 0.1) is 49.1 Å². The average molecular weight is 569 g/mol. The van der Waals surface area contributed by atoms with Crippen molar-refractivity contribution in [3.05, 3.63) is 82.9 Å². The summed E-state index contributed by atoms with van der Waals surface area (Å²) in [6.45, 7) is -0.0208. The second-order valence-electron chi connectivity index (χ2n) is 9.28. The van der Waals surface area contributed by atoms with Crippen LogP contribution in [0.15, 0.2) is 66.7 Å². The molecular formula is C29H30ClFN4O5. The van der Waals surface area contributed by atoms with Crippen LogP contribution in [0, 0.1) is 0 Å². The van der Waals surface area contributed by atoms with Crippen molar-refractivity contribution in [3.8, 4) is 5.75 Å². The number of rotatable bonds is 8. The van der Waals surface area contributed by atoms with Crippen LogP contribution < -0.4 is 20.3 Å². The Bertz CT molecular complexity index is 1390. The molecule has 11 heteroatoms. The normalized spacial score (nSPS) is 16.3. The predicted molar refractivity (Wildman–Crippen MR) is 152 cm³/mol. The highest BCUT2D eigenvalue weighted by Gasteiger charge is 2.38. The molecule has 2 N–H and O–H groups in total. The Morgan fingerprint density at radius 3 is 2.40 bits per heavy atom. The maximum absolute atomic E-state index is 14.5. The maximum atomic E-state index is 14.5. The number of para-hydroxylation sites is 1. The minimum atomic E-state index is -1.16. The van der Waals surface area contributed by atoms with Crippen LogP contribution in [-0.4, -0.2) is 63.0 Å². The van der Waals surface area contributed by atoms with Gasteiger partial charge in [-0.1, -0.05) is 29.8 Å². The second-order valence-corrected chi connectivity index (χ2v) is 9.69. The minimum absolute atomic E-state index is 0.0147. The molecule has 1 aliphatic rings. The summed E-state index contributed by atoms with van der Waals surface area (Å²) in [5, 5.41) is 5.80. The minimum Gasteiger partial charge on any atom is -0.495 e. The third kappa shape index (κ3) is 6.63. The Kier molecular flexibility index (Phi) is 9.11. The maximum Gasteiger partial charge on any atom is 0.337 e. The van der Waals surface area contributed by atoms with Crippen molar-refractivity contribution in [2.24, 2.45) is 0 Å². The topological polar surface area (TPSA) is 100 Å². The van der Waals surface area contributed by atoms with Crippen molar-refractivity contribution in [1.29, 1.82) is 0 Å². The summed E-state index contributed by atoms with van der Waals surface area (Å²) in [4.78, 5) is 40.9. The monoisotopic (exact) mass is 568 g/mol. The molecule has 1 aliphatic heterocycles. The third-order valence-corrected chi connectivity index (χ3v) is 7.01. The molecule has 4 rings (SSSR count). The molecule has 3 aromatic carbocycles. The standard InChI is InChI=1S/C29H30ClFN4O5/c1-34(21-11-9-19(10-12-21)28(37)40-3)26-16-20(31)17-35(26)27(36)15-18-8-13-24(25(14-18)39-2)33-29(38)32-23-7-5-4-6-22(23)30/h4-14,20,26H,15-17H2,1-3H3,(H2,32,33,38). The Hall–Kier alpha value is -4.31. The number of anilines is 3. The van der Waals surface area contributed by atoms with Gasteiger partial charge in [-0.2, -0.15) is 0 Å². The first-order valence-electron chi connectivity index (χ1n) is 12.5. The number of likely N-dealkylation sites (tertiary alicyclic amines) is 1. The van der Waals surface area contributed by atoms with Gasteiger partial charge >= 0.3 is 12.0 Å². The molecule has 2 unspecified atom stereocenters. The van der Waals surface area contributed by atoms with E-state index in [1.165, 1.54) is 19.1 Å². The number of hydrogen-bond acceptors (Lipinski definition) is 6. The smallest absolute Gasteiger partial charge is 0.337 e. The lowest BCUT2D eigenvalue weighted by atomic mass is 10.1. The Labute approximate surface area is 236 Å². The lowest BCUT2D eigenvalue weighted by Gasteiger charge is -2.34. The highest BCUT2D eigenvalue weighted by atomic mass is 35.5. The molecule has 3 amide bonds. The summed E-state index contributed by atoms with van der Waals surface area (Å²) < 4.78 is 24.7.